The summed E-state index contributed by atoms with van der Waals surface area (Å²) in [6.45, 7) is -0.422. The van der Waals surface area contributed by atoms with Crippen LogP contribution >= 0.6 is 0 Å². The molecule has 93 valence electrons. The molecule has 1 aliphatic heterocycles. The minimum atomic E-state index is -1.35. The number of hydrogen-bond donors (Lipinski definition) is 4. The van der Waals surface area contributed by atoms with Gasteiger partial charge in [-0.3, -0.25) is 0 Å². The van der Waals surface area contributed by atoms with Gasteiger partial charge in [-0.25, -0.2) is 0 Å². The van der Waals surface area contributed by atoms with Crippen LogP contribution in [-0.4, -0.2) is 51.4 Å². The molecule has 1 unspecified atom stereocenters. The quantitative estimate of drug-likeness (QED) is 0.531. The van der Waals surface area contributed by atoms with Crippen molar-refractivity contribution in [3.63, 3.8) is 0 Å². The maximum absolute atomic E-state index is 9.84. The van der Waals surface area contributed by atoms with Gasteiger partial charge in [0.2, 0.25) is 0 Å². The molecule has 1 fully saturated rings. The van der Waals surface area contributed by atoms with Gasteiger partial charge in [0.05, 0.1) is 6.61 Å². The van der Waals surface area contributed by atoms with Crippen LogP contribution in [0.5, 0.6) is 0 Å². The van der Waals surface area contributed by atoms with Crippen LogP contribution in [0.4, 0.5) is 0 Å². The Hall–Kier alpha value is -0.980. The summed E-state index contributed by atoms with van der Waals surface area (Å²) in [5.41, 5.74) is 0.574. The van der Waals surface area contributed by atoms with Gasteiger partial charge < -0.3 is 25.2 Å². The van der Waals surface area contributed by atoms with Gasteiger partial charge in [0.25, 0.3) is 0 Å². The first-order valence-electron chi connectivity index (χ1n) is 5.42. The zero-order valence-electron chi connectivity index (χ0n) is 9.10. The fourth-order valence-corrected chi connectivity index (χ4v) is 1.94. The zero-order chi connectivity index (χ0) is 12.4. The van der Waals surface area contributed by atoms with Crippen LogP contribution in [0.1, 0.15) is 11.7 Å². The summed E-state index contributed by atoms with van der Waals surface area (Å²) < 4.78 is 5.38. The highest BCUT2D eigenvalue weighted by atomic mass is 16.5. The van der Waals surface area contributed by atoms with Gasteiger partial charge in [0.15, 0.2) is 0 Å². The Morgan fingerprint density at radius 2 is 1.88 bits per heavy atom. The van der Waals surface area contributed by atoms with Crippen LogP contribution in [0.3, 0.4) is 0 Å². The van der Waals surface area contributed by atoms with E-state index in [0.717, 1.165) is 0 Å². The maximum atomic E-state index is 9.84. The van der Waals surface area contributed by atoms with Crippen molar-refractivity contribution < 1.29 is 25.2 Å². The van der Waals surface area contributed by atoms with Crippen LogP contribution in [0.25, 0.3) is 0 Å². The lowest BCUT2D eigenvalue weighted by Gasteiger charge is -2.40. The maximum Gasteiger partial charge on any atom is 0.113 e. The molecule has 1 radical (unpaired) electrons. The standard InChI is InChI=1S/C12H15O5/c13-6-8-9(14)10(15)11(16)12(17-8)7-4-2-1-3-5-7/h1-4,8-16H,6H2/t8-,9-,10+,11+,12?/m1/s1. The number of hydrogen-bond acceptors (Lipinski definition) is 5. The van der Waals surface area contributed by atoms with E-state index in [4.69, 9.17) is 9.84 Å². The molecule has 5 atom stereocenters. The highest BCUT2D eigenvalue weighted by Crippen LogP contribution is 2.31. The first-order valence-corrected chi connectivity index (χ1v) is 5.42. The first kappa shape index (κ1) is 12.5. The number of rotatable bonds is 2. The van der Waals surface area contributed by atoms with Crippen LogP contribution in [-0.2, 0) is 4.74 Å². The monoisotopic (exact) mass is 239 g/mol. The molecular weight excluding hydrogens is 224 g/mol. The van der Waals surface area contributed by atoms with Gasteiger partial charge in [0, 0.05) is 0 Å². The SMILES string of the molecule is OC[C@H]1OC(c2[c]cccc2)[C@@H](O)[C@@H](O)[C@@H]1O. The highest BCUT2D eigenvalue weighted by molar-refractivity contribution is 5.19. The molecule has 1 aromatic carbocycles. The molecule has 5 nitrogen and oxygen atoms in total. The Labute approximate surface area is 98.9 Å². The van der Waals surface area contributed by atoms with E-state index in [1.165, 1.54) is 0 Å². The van der Waals surface area contributed by atoms with Crippen molar-refractivity contribution in [3.8, 4) is 0 Å². The molecule has 1 heterocycles. The van der Waals surface area contributed by atoms with Crippen molar-refractivity contribution in [3.05, 3.63) is 35.9 Å². The summed E-state index contributed by atoms with van der Waals surface area (Å²) in [5.74, 6) is 0. The second kappa shape index (κ2) is 5.12. The van der Waals surface area contributed by atoms with E-state index in [0.29, 0.717) is 5.56 Å². The molecule has 0 aliphatic carbocycles. The molecule has 0 spiro atoms. The van der Waals surface area contributed by atoms with Crippen LogP contribution in [0, 0.1) is 6.07 Å². The van der Waals surface area contributed by atoms with Gasteiger partial charge in [-0.1, -0.05) is 24.3 Å². The minimum absolute atomic E-state index is 0.422. The van der Waals surface area contributed by atoms with Crippen molar-refractivity contribution in [1.29, 1.82) is 0 Å². The summed E-state index contributed by atoms with van der Waals surface area (Å²) in [6, 6.07) is 9.78. The predicted molar refractivity (Wildman–Crippen MR) is 58.0 cm³/mol. The Morgan fingerprint density at radius 1 is 1.12 bits per heavy atom. The lowest BCUT2D eigenvalue weighted by molar-refractivity contribution is -0.231. The largest absolute Gasteiger partial charge is 0.394 e. The second-order valence-corrected chi connectivity index (χ2v) is 4.07. The molecular formula is C12H15O5. The Morgan fingerprint density at radius 3 is 2.47 bits per heavy atom. The average Bonchev–Trinajstić information content (AvgIpc) is 2.37. The Bertz CT molecular complexity index is 353. The molecule has 1 aromatic rings. The Kier molecular flexibility index (Phi) is 3.76. The lowest BCUT2D eigenvalue weighted by Crippen LogP contribution is -2.55. The fourth-order valence-electron chi connectivity index (χ4n) is 1.94. The lowest BCUT2D eigenvalue weighted by atomic mass is 9.91. The number of aliphatic hydroxyl groups excluding tert-OH is 4. The van der Waals surface area contributed by atoms with E-state index in [2.05, 4.69) is 6.07 Å². The highest BCUT2D eigenvalue weighted by Gasteiger charge is 2.43. The third-order valence-corrected chi connectivity index (χ3v) is 2.93. The first-order chi connectivity index (χ1) is 8.15. The molecule has 0 bridgehead atoms. The third-order valence-electron chi connectivity index (χ3n) is 2.93. The fraction of sp³-hybridized carbons (Fsp3) is 0.500. The van der Waals surface area contributed by atoms with Crippen molar-refractivity contribution in [2.45, 2.75) is 30.5 Å². The van der Waals surface area contributed by atoms with E-state index in [1.54, 1.807) is 24.3 Å². The van der Waals surface area contributed by atoms with Crippen molar-refractivity contribution >= 4 is 0 Å². The van der Waals surface area contributed by atoms with Gasteiger partial charge in [-0.05, 0) is 11.6 Å². The molecule has 17 heavy (non-hydrogen) atoms. The third kappa shape index (κ3) is 2.34. The number of aliphatic hydroxyl groups is 4. The molecule has 5 heteroatoms. The second-order valence-electron chi connectivity index (χ2n) is 4.07. The minimum Gasteiger partial charge on any atom is -0.394 e. The molecule has 4 N–H and O–H groups in total. The van der Waals surface area contributed by atoms with E-state index in [1.807, 2.05) is 0 Å². The normalized spacial score (nSPS) is 38.0. The number of benzene rings is 1. The van der Waals surface area contributed by atoms with Gasteiger partial charge >= 0.3 is 0 Å². The van der Waals surface area contributed by atoms with Crippen LogP contribution < -0.4 is 0 Å². The van der Waals surface area contributed by atoms with E-state index in [9.17, 15) is 15.3 Å². The molecule has 0 amide bonds. The smallest absolute Gasteiger partial charge is 0.113 e. The van der Waals surface area contributed by atoms with Crippen LogP contribution in [0.2, 0.25) is 0 Å². The summed E-state index contributed by atoms with van der Waals surface area (Å²) >= 11 is 0. The van der Waals surface area contributed by atoms with Crippen molar-refractivity contribution in [2.24, 2.45) is 0 Å². The van der Waals surface area contributed by atoms with Crippen molar-refractivity contribution in [1.82, 2.24) is 0 Å². The predicted octanol–water partition coefficient (Wildman–Crippen LogP) is -0.998. The van der Waals surface area contributed by atoms with E-state index in [-0.39, 0.29) is 0 Å². The summed E-state index contributed by atoms with van der Waals surface area (Å²) in [6.07, 6.45) is -5.60. The van der Waals surface area contributed by atoms with E-state index < -0.39 is 37.1 Å². The number of ether oxygens (including phenoxy) is 1. The van der Waals surface area contributed by atoms with E-state index >= 15 is 0 Å². The summed E-state index contributed by atoms with van der Waals surface area (Å²) in [5, 5.41) is 38.1. The molecule has 2 rings (SSSR count). The zero-order valence-corrected chi connectivity index (χ0v) is 9.10. The van der Waals surface area contributed by atoms with Gasteiger partial charge in [-0.2, -0.15) is 0 Å². The topological polar surface area (TPSA) is 90.2 Å². The molecule has 0 aromatic heterocycles. The molecule has 1 aliphatic rings. The van der Waals surface area contributed by atoms with Crippen LogP contribution in [0.15, 0.2) is 24.3 Å². The Balaban J connectivity index is 2.23. The average molecular weight is 239 g/mol. The molecule has 0 saturated carbocycles. The van der Waals surface area contributed by atoms with Gasteiger partial charge in [-0.15, -0.1) is 0 Å². The van der Waals surface area contributed by atoms with Crippen molar-refractivity contribution in [2.75, 3.05) is 6.61 Å². The summed E-state index contributed by atoms with van der Waals surface area (Å²) in [4.78, 5) is 0. The summed E-state index contributed by atoms with van der Waals surface area (Å²) in [7, 11) is 0. The molecule has 1 saturated heterocycles. The van der Waals surface area contributed by atoms with Gasteiger partial charge in [0.1, 0.15) is 30.5 Å².